The second-order valence-electron chi connectivity index (χ2n) is 7.09. The van der Waals surface area contributed by atoms with Crippen LogP contribution in [0.3, 0.4) is 0 Å². The van der Waals surface area contributed by atoms with Gasteiger partial charge in [-0.15, -0.1) is 0 Å². The number of benzene rings is 1. The van der Waals surface area contributed by atoms with E-state index in [1.54, 1.807) is 24.3 Å². The Hall–Kier alpha value is -1.67. The summed E-state index contributed by atoms with van der Waals surface area (Å²) in [5.41, 5.74) is 1.49. The molecular formula is C19H23N2NaO5. The normalized spacial score (nSPS) is 22.1. The fraction of sp³-hybridized carbons (Fsp3) is 0.421. The molecule has 27 heavy (non-hydrogen) atoms. The minimum atomic E-state index is -1.18. The van der Waals surface area contributed by atoms with Gasteiger partial charge in [0.1, 0.15) is 5.70 Å². The molecule has 7 nitrogen and oxygen atoms in total. The van der Waals surface area contributed by atoms with Gasteiger partial charge >= 0.3 is 35.5 Å². The number of hydrogen-bond acceptors (Lipinski definition) is 4. The summed E-state index contributed by atoms with van der Waals surface area (Å²) < 4.78 is 0. The van der Waals surface area contributed by atoms with E-state index in [0.717, 1.165) is 0 Å². The Balaban J connectivity index is 0.00000196. The molecule has 140 valence electrons. The van der Waals surface area contributed by atoms with Gasteiger partial charge in [0.25, 0.3) is 5.91 Å². The number of aliphatic hydroxyl groups is 1. The first-order valence-corrected chi connectivity index (χ1v) is 8.61. The maximum Gasteiger partial charge on any atom is 1.00 e. The molecule has 0 bridgehead atoms. The number of β-lactam (4-membered cyclic amide) rings is 1. The van der Waals surface area contributed by atoms with Crippen LogP contribution in [0.1, 0.15) is 44.5 Å². The van der Waals surface area contributed by atoms with Crippen molar-refractivity contribution in [2.75, 3.05) is 0 Å². The van der Waals surface area contributed by atoms with Crippen molar-refractivity contribution in [3.63, 3.8) is 0 Å². The van der Waals surface area contributed by atoms with Crippen LogP contribution in [0.4, 0.5) is 0 Å². The molecule has 1 aromatic rings. The smallest absolute Gasteiger partial charge is 1.00 e. The third kappa shape index (κ3) is 3.82. The van der Waals surface area contributed by atoms with Gasteiger partial charge in [-0.05, 0) is 50.5 Å². The van der Waals surface area contributed by atoms with Crippen molar-refractivity contribution in [2.24, 2.45) is 5.92 Å². The third-order valence-electron chi connectivity index (χ3n) is 4.82. The first kappa shape index (κ1) is 21.6. The molecule has 0 radical (unpaired) electrons. The van der Waals surface area contributed by atoms with E-state index >= 15 is 0 Å². The number of carboxylic acid groups (broad SMARTS) is 1. The van der Waals surface area contributed by atoms with Gasteiger partial charge in [0.15, 0.2) is 0 Å². The van der Waals surface area contributed by atoms with Crippen LogP contribution >= 0.6 is 0 Å². The number of rotatable bonds is 5. The molecule has 2 heterocycles. The maximum absolute atomic E-state index is 12.3. The average Bonchev–Trinajstić information content (AvgIpc) is 2.89. The molecular weight excluding hydrogens is 359 g/mol. The number of nitrogens with one attached hydrogen (secondary N) is 1. The fourth-order valence-corrected chi connectivity index (χ4v) is 3.72. The van der Waals surface area contributed by atoms with Gasteiger partial charge in [0, 0.05) is 11.6 Å². The van der Waals surface area contributed by atoms with Crippen LogP contribution < -0.4 is 34.9 Å². The van der Waals surface area contributed by atoms with Crippen LogP contribution in [-0.2, 0) is 9.59 Å². The number of aliphatic carboxylic acids is 1. The summed E-state index contributed by atoms with van der Waals surface area (Å²) in [6.45, 7) is 5.25. The van der Waals surface area contributed by atoms with Crippen molar-refractivity contribution in [2.45, 2.75) is 45.4 Å². The van der Waals surface area contributed by atoms with Crippen LogP contribution in [-0.4, -0.2) is 51.1 Å². The van der Waals surface area contributed by atoms with Crippen LogP contribution in [0.2, 0.25) is 0 Å². The molecule has 3 atom stereocenters. The van der Waals surface area contributed by atoms with Crippen molar-refractivity contribution in [3.8, 4) is 0 Å². The number of carboxylic acids is 1. The van der Waals surface area contributed by atoms with E-state index in [-0.39, 0.29) is 60.6 Å². The average molecular weight is 382 g/mol. The molecule has 2 aliphatic heterocycles. The molecule has 1 saturated heterocycles. The molecule has 2 aliphatic rings. The first-order valence-electron chi connectivity index (χ1n) is 8.61. The standard InChI is InChI=1S/C19H22N2O5.Na.H/c1-9(2)20-17(23)12-6-4-5-11(7-12)13-8-14-15(10(3)22)18(24)21(14)16(13)19(25)26;;/h4-7,9-10,14-15,22H,8H2,1-3H3,(H,20,23)(H,25,26);;/q;+1;-1/t10-,14-,15-;;/m1../s1. The number of amides is 2. The Bertz CT molecular complexity index is 824. The van der Waals surface area contributed by atoms with Crippen molar-refractivity contribution < 1.29 is 55.6 Å². The van der Waals surface area contributed by atoms with Gasteiger partial charge < -0.3 is 21.9 Å². The number of fused-ring (bicyclic) bond motifs is 1. The zero-order chi connectivity index (χ0) is 19.2. The Morgan fingerprint density at radius 3 is 2.52 bits per heavy atom. The maximum atomic E-state index is 12.3. The minimum Gasteiger partial charge on any atom is -1.00 e. The third-order valence-corrected chi connectivity index (χ3v) is 4.82. The van der Waals surface area contributed by atoms with Gasteiger partial charge in [0.05, 0.1) is 18.1 Å². The topological polar surface area (TPSA) is 107 Å². The Labute approximate surface area is 181 Å². The zero-order valence-corrected chi connectivity index (χ0v) is 17.9. The molecule has 0 aliphatic carbocycles. The van der Waals surface area contributed by atoms with Gasteiger partial charge in [-0.3, -0.25) is 9.59 Å². The molecule has 0 aromatic heterocycles. The van der Waals surface area contributed by atoms with E-state index < -0.39 is 18.0 Å². The summed E-state index contributed by atoms with van der Waals surface area (Å²) >= 11 is 0. The number of aliphatic hydroxyl groups excluding tert-OH is 1. The first-order chi connectivity index (χ1) is 12.2. The molecule has 3 N–H and O–H groups in total. The summed E-state index contributed by atoms with van der Waals surface area (Å²) in [6, 6.07) is 6.37. The molecule has 0 saturated carbocycles. The van der Waals surface area contributed by atoms with Crippen molar-refractivity contribution in [1.82, 2.24) is 10.2 Å². The van der Waals surface area contributed by atoms with Crippen LogP contribution in [0.15, 0.2) is 30.0 Å². The second kappa shape index (κ2) is 8.14. The summed E-state index contributed by atoms with van der Waals surface area (Å²) in [5, 5.41) is 22.2. The predicted molar refractivity (Wildman–Crippen MR) is 95.1 cm³/mol. The van der Waals surface area contributed by atoms with E-state index in [9.17, 15) is 24.6 Å². The molecule has 3 rings (SSSR count). The SMILES string of the molecule is CC(C)NC(=O)c1cccc(C2=C(C(=O)O)N3C(=O)[C@H]([C@@H](C)O)[C@H]3C2)c1.[H-].[Na+]. The van der Waals surface area contributed by atoms with Crippen LogP contribution in [0, 0.1) is 5.92 Å². The Morgan fingerprint density at radius 1 is 1.30 bits per heavy atom. The van der Waals surface area contributed by atoms with Gasteiger partial charge in [-0.25, -0.2) is 4.79 Å². The number of hydrogen-bond donors (Lipinski definition) is 3. The summed E-state index contributed by atoms with van der Waals surface area (Å²) in [5.74, 6) is -2.38. The monoisotopic (exact) mass is 382 g/mol. The van der Waals surface area contributed by atoms with Crippen LogP contribution in [0.5, 0.6) is 0 Å². The Morgan fingerprint density at radius 2 is 1.96 bits per heavy atom. The van der Waals surface area contributed by atoms with Gasteiger partial charge in [0.2, 0.25) is 5.91 Å². The van der Waals surface area contributed by atoms with E-state index in [0.29, 0.717) is 23.1 Å². The minimum absolute atomic E-state index is 0. The fourth-order valence-electron chi connectivity index (χ4n) is 3.72. The van der Waals surface area contributed by atoms with E-state index in [2.05, 4.69) is 5.32 Å². The number of carbonyl (C=O) groups is 3. The van der Waals surface area contributed by atoms with Crippen molar-refractivity contribution in [1.29, 1.82) is 0 Å². The summed E-state index contributed by atoms with van der Waals surface area (Å²) in [4.78, 5) is 37.5. The van der Waals surface area contributed by atoms with Crippen molar-refractivity contribution in [3.05, 3.63) is 41.1 Å². The molecule has 2 amide bonds. The van der Waals surface area contributed by atoms with E-state index in [1.165, 1.54) is 11.8 Å². The van der Waals surface area contributed by atoms with Gasteiger partial charge in [-0.1, -0.05) is 12.1 Å². The molecule has 0 unspecified atom stereocenters. The largest absolute Gasteiger partial charge is 1.00 e. The molecule has 1 fully saturated rings. The molecule has 1 aromatic carbocycles. The van der Waals surface area contributed by atoms with E-state index in [4.69, 9.17) is 0 Å². The number of carbonyl (C=O) groups excluding carboxylic acids is 2. The van der Waals surface area contributed by atoms with Gasteiger partial charge in [-0.2, -0.15) is 0 Å². The summed E-state index contributed by atoms with van der Waals surface area (Å²) in [7, 11) is 0. The van der Waals surface area contributed by atoms with Crippen LogP contribution in [0.25, 0.3) is 5.57 Å². The molecule has 0 spiro atoms. The summed E-state index contributed by atoms with van der Waals surface area (Å²) in [6.07, 6.45) is -0.487. The second-order valence-corrected chi connectivity index (χ2v) is 7.09. The van der Waals surface area contributed by atoms with Crippen molar-refractivity contribution >= 4 is 23.4 Å². The molecule has 8 heteroatoms. The zero-order valence-electron chi connectivity index (χ0n) is 16.9. The predicted octanol–water partition coefficient (Wildman–Crippen LogP) is -1.65. The number of nitrogens with zero attached hydrogens (tertiary/aromatic N) is 1. The quantitative estimate of drug-likeness (QED) is 0.418. The Kier molecular flexibility index (Phi) is 6.52. The van der Waals surface area contributed by atoms with E-state index in [1.807, 2.05) is 13.8 Å².